The Morgan fingerprint density at radius 1 is 1.47 bits per heavy atom. The van der Waals surface area contributed by atoms with E-state index in [0.29, 0.717) is 13.0 Å². The molecular formula is C9H18N2O4. The topological polar surface area (TPSA) is 67.9 Å². The third-order valence-corrected chi connectivity index (χ3v) is 1.37. The minimum absolute atomic E-state index is 0.217. The van der Waals surface area contributed by atoms with Gasteiger partial charge in [-0.2, -0.15) is 0 Å². The first-order valence-corrected chi connectivity index (χ1v) is 4.62. The molecule has 2 amide bonds. The van der Waals surface area contributed by atoms with E-state index in [1.54, 1.807) is 27.8 Å². The summed E-state index contributed by atoms with van der Waals surface area (Å²) in [6.07, 6.45) is 0.00483. The molecule has 15 heavy (non-hydrogen) atoms. The van der Waals surface area contributed by atoms with Crippen LogP contribution in [0.5, 0.6) is 0 Å². The molecule has 0 unspecified atom stereocenters. The Morgan fingerprint density at radius 3 is 2.53 bits per heavy atom. The fraction of sp³-hybridized carbons (Fsp3) is 0.778. The third-order valence-electron chi connectivity index (χ3n) is 1.37. The smallest absolute Gasteiger partial charge is 0.410 e. The molecule has 0 aromatic carbocycles. The van der Waals surface area contributed by atoms with Crippen molar-refractivity contribution in [3.8, 4) is 0 Å². The quantitative estimate of drug-likeness (QED) is 0.415. The Bertz CT molecular complexity index is 213. The second-order valence-corrected chi connectivity index (χ2v) is 3.99. The summed E-state index contributed by atoms with van der Waals surface area (Å²) in [7, 11) is 1.60. The number of hydroxylamine groups is 1. The van der Waals surface area contributed by atoms with E-state index in [0.717, 1.165) is 0 Å². The zero-order chi connectivity index (χ0) is 11.9. The molecular weight excluding hydrogens is 200 g/mol. The zero-order valence-corrected chi connectivity index (χ0v) is 9.57. The van der Waals surface area contributed by atoms with Gasteiger partial charge in [0.1, 0.15) is 5.60 Å². The highest BCUT2D eigenvalue weighted by atomic mass is 16.6. The standard InChI is InChI=1S/C9H18N2O4/c1-9(2,3)15-8(13)11(4)5-6-14-10-7-12/h7H,5-6H2,1-4H3,(H,10,12). The fourth-order valence-corrected chi connectivity index (χ4v) is 0.707. The van der Waals surface area contributed by atoms with Crippen LogP contribution in [0.25, 0.3) is 0 Å². The van der Waals surface area contributed by atoms with E-state index in [1.165, 1.54) is 4.90 Å². The Hall–Kier alpha value is -1.30. The summed E-state index contributed by atoms with van der Waals surface area (Å²) in [5.74, 6) is 0. The molecule has 6 nitrogen and oxygen atoms in total. The van der Waals surface area contributed by atoms with Gasteiger partial charge in [-0.05, 0) is 20.8 Å². The molecule has 0 radical (unpaired) electrons. The molecule has 0 aromatic heterocycles. The van der Waals surface area contributed by atoms with Gasteiger partial charge in [-0.3, -0.25) is 9.63 Å². The molecule has 0 atom stereocenters. The number of nitrogens with one attached hydrogen (secondary N) is 1. The SMILES string of the molecule is CN(CCONC=O)C(=O)OC(C)(C)C. The number of carbonyl (C=O) groups is 2. The molecule has 0 aliphatic rings. The molecule has 0 aliphatic carbocycles. The number of ether oxygens (including phenoxy) is 1. The van der Waals surface area contributed by atoms with Crippen molar-refractivity contribution in [3.05, 3.63) is 0 Å². The summed E-state index contributed by atoms with van der Waals surface area (Å²) in [6.45, 7) is 5.94. The highest BCUT2D eigenvalue weighted by Gasteiger charge is 2.19. The van der Waals surface area contributed by atoms with Crippen LogP contribution in [0.2, 0.25) is 0 Å². The van der Waals surface area contributed by atoms with Gasteiger partial charge in [0.05, 0.1) is 6.61 Å². The van der Waals surface area contributed by atoms with Gasteiger partial charge in [0.15, 0.2) is 0 Å². The van der Waals surface area contributed by atoms with Gasteiger partial charge in [0.2, 0.25) is 6.41 Å². The maximum atomic E-state index is 11.4. The van der Waals surface area contributed by atoms with Gasteiger partial charge in [-0.15, -0.1) is 0 Å². The normalized spacial score (nSPS) is 10.7. The van der Waals surface area contributed by atoms with Gasteiger partial charge in [-0.25, -0.2) is 10.3 Å². The van der Waals surface area contributed by atoms with Crippen LogP contribution in [0, 0.1) is 0 Å². The fourth-order valence-electron chi connectivity index (χ4n) is 0.707. The maximum absolute atomic E-state index is 11.4. The Morgan fingerprint density at radius 2 is 2.07 bits per heavy atom. The Kier molecular flexibility index (Phi) is 5.69. The molecule has 0 aromatic rings. The van der Waals surface area contributed by atoms with E-state index in [9.17, 15) is 9.59 Å². The van der Waals surface area contributed by atoms with Gasteiger partial charge in [0, 0.05) is 13.6 Å². The van der Waals surface area contributed by atoms with Crippen molar-refractivity contribution in [2.75, 3.05) is 20.2 Å². The minimum Gasteiger partial charge on any atom is -0.444 e. The van der Waals surface area contributed by atoms with Crippen LogP contribution in [-0.2, 0) is 14.4 Å². The number of hydrogen-bond donors (Lipinski definition) is 1. The molecule has 0 bridgehead atoms. The molecule has 0 saturated carbocycles. The van der Waals surface area contributed by atoms with Gasteiger partial charge < -0.3 is 9.64 Å². The zero-order valence-electron chi connectivity index (χ0n) is 9.57. The van der Waals surface area contributed by atoms with Gasteiger partial charge in [-0.1, -0.05) is 0 Å². The van der Waals surface area contributed by atoms with Crippen molar-refractivity contribution >= 4 is 12.5 Å². The number of amides is 2. The summed E-state index contributed by atoms with van der Waals surface area (Å²) in [6, 6.07) is 0. The van der Waals surface area contributed by atoms with E-state index < -0.39 is 11.7 Å². The van der Waals surface area contributed by atoms with Crippen LogP contribution in [-0.4, -0.2) is 43.2 Å². The molecule has 0 heterocycles. The molecule has 0 aliphatic heterocycles. The van der Waals surface area contributed by atoms with Crippen molar-refractivity contribution in [1.29, 1.82) is 0 Å². The number of hydrogen-bond acceptors (Lipinski definition) is 4. The number of carbonyl (C=O) groups excluding carboxylic acids is 2. The molecule has 0 saturated heterocycles. The number of rotatable bonds is 5. The minimum atomic E-state index is -0.507. The predicted molar refractivity (Wildman–Crippen MR) is 54.0 cm³/mol. The van der Waals surface area contributed by atoms with Crippen molar-refractivity contribution in [1.82, 2.24) is 10.4 Å². The van der Waals surface area contributed by atoms with Crippen LogP contribution in [0.15, 0.2) is 0 Å². The van der Waals surface area contributed by atoms with E-state index in [1.807, 2.05) is 5.48 Å². The molecule has 6 heteroatoms. The molecule has 0 spiro atoms. The van der Waals surface area contributed by atoms with Crippen LogP contribution >= 0.6 is 0 Å². The summed E-state index contributed by atoms with van der Waals surface area (Å²) >= 11 is 0. The second kappa shape index (κ2) is 6.23. The number of nitrogens with zero attached hydrogens (tertiary/aromatic N) is 1. The second-order valence-electron chi connectivity index (χ2n) is 3.99. The van der Waals surface area contributed by atoms with Gasteiger partial charge in [0.25, 0.3) is 0 Å². The monoisotopic (exact) mass is 218 g/mol. The first kappa shape index (κ1) is 13.7. The third kappa shape index (κ3) is 7.75. The highest BCUT2D eigenvalue weighted by Crippen LogP contribution is 2.08. The van der Waals surface area contributed by atoms with Crippen molar-refractivity contribution in [2.45, 2.75) is 26.4 Å². The molecule has 88 valence electrons. The largest absolute Gasteiger partial charge is 0.444 e. The summed E-state index contributed by atoms with van der Waals surface area (Å²) in [5, 5.41) is 0. The molecule has 0 rings (SSSR count). The summed E-state index contributed by atoms with van der Waals surface area (Å²) in [4.78, 5) is 27.2. The predicted octanol–water partition coefficient (Wildman–Crippen LogP) is 0.531. The first-order chi connectivity index (χ1) is 6.87. The average molecular weight is 218 g/mol. The van der Waals surface area contributed by atoms with E-state index in [-0.39, 0.29) is 6.61 Å². The van der Waals surface area contributed by atoms with Crippen molar-refractivity contribution in [2.24, 2.45) is 0 Å². The lowest BCUT2D eigenvalue weighted by molar-refractivity contribution is -0.120. The van der Waals surface area contributed by atoms with Crippen LogP contribution < -0.4 is 5.48 Å². The lowest BCUT2D eigenvalue weighted by Crippen LogP contribution is -2.36. The molecule has 0 fully saturated rings. The van der Waals surface area contributed by atoms with Crippen molar-refractivity contribution < 1.29 is 19.2 Å². The van der Waals surface area contributed by atoms with Gasteiger partial charge >= 0.3 is 6.09 Å². The maximum Gasteiger partial charge on any atom is 0.410 e. The summed E-state index contributed by atoms with van der Waals surface area (Å²) < 4.78 is 5.10. The Balaban J connectivity index is 3.74. The number of likely N-dealkylation sites (N-methyl/N-ethyl adjacent to an activating group) is 1. The Labute approximate surface area is 89.5 Å². The average Bonchev–Trinajstić information content (AvgIpc) is 2.09. The molecule has 1 N–H and O–H groups in total. The lowest BCUT2D eigenvalue weighted by atomic mass is 10.2. The van der Waals surface area contributed by atoms with E-state index in [2.05, 4.69) is 4.84 Å². The first-order valence-electron chi connectivity index (χ1n) is 4.62. The van der Waals surface area contributed by atoms with Crippen molar-refractivity contribution in [3.63, 3.8) is 0 Å². The van der Waals surface area contributed by atoms with E-state index >= 15 is 0 Å². The van der Waals surface area contributed by atoms with Crippen LogP contribution in [0.4, 0.5) is 4.79 Å². The lowest BCUT2D eigenvalue weighted by Gasteiger charge is -2.24. The van der Waals surface area contributed by atoms with Crippen LogP contribution in [0.1, 0.15) is 20.8 Å². The van der Waals surface area contributed by atoms with Crippen LogP contribution in [0.3, 0.4) is 0 Å². The van der Waals surface area contributed by atoms with E-state index in [4.69, 9.17) is 4.74 Å². The summed E-state index contributed by atoms with van der Waals surface area (Å²) in [5.41, 5.74) is 1.52. The highest BCUT2D eigenvalue weighted by molar-refractivity contribution is 5.67.